The second-order valence-corrected chi connectivity index (χ2v) is 8.04. The number of carboxylic acid groups (broad SMARTS) is 2. The van der Waals surface area contributed by atoms with Crippen molar-refractivity contribution in [3.8, 4) is 0 Å². The highest BCUT2D eigenvalue weighted by Crippen LogP contribution is 2.19. The van der Waals surface area contributed by atoms with Gasteiger partial charge < -0.3 is 31.5 Å². The molecular weight excluding hydrogens is 428 g/mol. The molecule has 0 radical (unpaired) electrons. The predicted molar refractivity (Wildman–Crippen MR) is 114 cm³/mol. The molecule has 0 aliphatic carbocycles. The summed E-state index contributed by atoms with van der Waals surface area (Å²) in [6.07, 6.45) is 0.814. The van der Waals surface area contributed by atoms with Gasteiger partial charge in [-0.2, -0.15) is 12.6 Å². The van der Waals surface area contributed by atoms with Crippen molar-refractivity contribution in [2.24, 2.45) is 11.7 Å². The summed E-state index contributed by atoms with van der Waals surface area (Å²) in [6, 6.07) is -4.19. The number of likely N-dealkylation sites (tertiary alicyclic amines) is 1. The van der Waals surface area contributed by atoms with Crippen LogP contribution in [0.4, 0.5) is 0 Å². The van der Waals surface area contributed by atoms with Crippen molar-refractivity contribution < 1.29 is 34.2 Å². The zero-order chi connectivity index (χ0) is 23.7. The van der Waals surface area contributed by atoms with E-state index in [2.05, 4.69) is 23.3 Å². The van der Waals surface area contributed by atoms with E-state index in [0.717, 1.165) is 4.90 Å². The molecule has 1 rings (SSSR count). The van der Waals surface area contributed by atoms with Crippen molar-refractivity contribution >= 4 is 42.3 Å². The molecule has 6 N–H and O–H groups in total. The third-order valence-electron chi connectivity index (χ3n) is 5.46. The molecule has 12 heteroatoms. The Labute approximate surface area is 186 Å². The molecule has 176 valence electrons. The van der Waals surface area contributed by atoms with Crippen molar-refractivity contribution in [2.75, 3.05) is 12.3 Å². The monoisotopic (exact) mass is 460 g/mol. The summed E-state index contributed by atoms with van der Waals surface area (Å²) in [4.78, 5) is 61.5. The molecule has 1 saturated heterocycles. The molecule has 3 amide bonds. The Kier molecular flexibility index (Phi) is 10.8. The topological polar surface area (TPSA) is 179 Å². The molecule has 1 aliphatic rings. The average molecular weight is 461 g/mol. The van der Waals surface area contributed by atoms with Crippen LogP contribution in [0.5, 0.6) is 0 Å². The fraction of sp³-hybridized carbons (Fsp3) is 0.737. The van der Waals surface area contributed by atoms with E-state index in [9.17, 15) is 29.1 Å². The van der Waals surface area contributed by atoms with E-state index in [1.165, 1.54) is 0 Å². The number of amides is 3. The number of hydrogen-bond acceptors (Lipinski definition) is 7. The van der Waals surface area contributed by atoms with Crippen molar-refractivity contribution in [3.05, 3.63) is 0 Å². The third kappa shape index (κ3) is 7.69. The number of hydrogen-bond donors (Lipinski definition) is 6. The first-order valence-electron chi connectivity index (χ1n) is 10.3. The number of nitrogens with zero attached hydrogens (tertiary/aromatic N) is 1. The van der Waals surface area contributed by atoms with Crippen LogP contribution >= 0.6 is 12.6 Å². The molecule has 1 aliphatic heterocycles. The van der Waals surface area contributed by atoms with Crippen LogP contribution in [-0.4, -0.2) is 81.2 Å². The summed E-state index contributed by atoms with van der Waals surface area (Å²) in [5.41, 5.74) is 5.88. The van der Waals surface area contributed by atoms with Crippen molar-refractivity contribution in [1.82, 2.24) is 15.5 Å². The second-order valence-electron chi connectivity index (χ2n) is 7.68. The summed E-state index contributed by atoms with van der Waals surface area (Å²) in [7, 11) is 0. The molecule has 11 nitrogen and oxygen atoms in total. The Morgan fingerprint density at radius 2 is 1.74 bits per heavy atom. The van der Waals surface area contributed by atoms with Crippen LogP contribution in [-0.2, 0) is 24.0 Å². The van der Waals surface area contributed by atoms with Gasteiger partial charge in [0.1, 0.15) is 18.1 Å². The largest absolute Gasteiger partial charge is 0.481 e. The maximum absolute atomic E-state index is 12.9. The third-order valence-corrected chi connectivity index (χ3v) is 5.82. The predicted octanol–water partition coefficient (Wildman–Crippen LogP) is -0.800. The highest BCUT2D eigenvalue weighted by molar-refractivity contribution is 7.80. The first-order valence-corrected chi connectivity index (χ1v) is 10.9. The number of carbonyl (C=O) groups is 5. The van der Waals surface area contributed by atoms with Crippen molar-refractivity contribution in [3.63, 3.8) is 0 Å². The molecule has 0 aromatic rings. The minimum atomic E-state index is -1.24. The van der Waals surface area contributed by atoms with Crippen molar-refractivity contribution in [2.45, 2.75) is 70.1 Å². The van der Waals surface area contributed by atoms with Crippen LogP contribution in [0.25, 0.3) is 0 Å². The molecule has 0 aromatic heterocycles. The number of carboxylic acids is 2. The Morgan fingerprint density at radius 3 is 2.26 bits per heavy atom. The minimum absolute atomic E-state index is 0.0773. The molecular formula is C19H32N4O7S. The van der Waals surface area contributed by atoms with Gasteiger partial charge >= 0.3 is 11.9 Å². The maximum Gasteiger partial charge on any atom is 0.326 e. The lowest BCUT2D eigenvalue weighted by atomic mass is 9.99. The molecule has 0 saturated carbocycles. The molecule has 5 atom stereocenters. The fourth-order valence-corrected chi connectivity index (χ4v) is 3.52. The maximum atomic E-state index is 12.9. The fourth-order valence-electron chi connectivity index (χ4n) is 3.26. The highest BCUT2D eigenvalue weighted by atomic mass is 32.1. The van der Waals surface area contributed by atoms with Crippen LogP contribution in [0.1, 0.15) is 46.0 Å². The molecule has 1 fully saturated rings. The molecule has 31 heavy (non-hydrogen) atoms. The van der Waals surface area contributed by atoms with E-state index in [0.29, 0.717) is 12.8 Å². The summed E-state index contributed by atoms with van der Waals surface area (Å²) < 4.78 is 0. The lowest BCUT2D eigenvalue weighted by Crippen LogP contribution is -2.58. The van der Waals surface area contributed by atoms with E-state index in [1.54, 1.807) is 6.92 Å². The molecule has 5 unspecified atom stereocenters. The number of nitrogens with two attached hydrogens (primary N) is 1. The lowest BCUT2D eigenvalue weighted by Gasteiger charge is -2.28. The van der Waals surface area contributed by atoms with Gasteiger partial charge in [-0.3, -0.25) is 19.2 Å². The van der Waals surface area contributed by atoms with E-state index >= 15 is 0 Å². The zero-order valence-electron chi connectivity index (χ0n) is 17.7. The van der Waals surface area contributed by atoms with Gasteiger partial charge in [-0.05, 0) is 25.2 Å². The zero-order valence-corrected chi connectivity index (χ0v) is 18.6. The Hall–Kier alpha value is -2.34. The summed E-state index contributed by atoms with van der Waals surface area (Å²) in [6.45, 7) is 3.88. The summed E-state index contributed by atoms with van der Waals surface area (Å²) in [5, 5.41) is 23.2. The first-order chi connectivity index (χ1) is 14.5. The smallest absolute Gasteiger partial charge is 0.326 e. The van der Waals surface area contributed by atoms with Gasteiger partial charge in [0.05, 0.1) is 6.04 Å². The summed E-state index contributed by atoms with van der Waals surface area (Å²) in [5.74, 6) is -4.45. The number of thiol groups is 1. The number of aliphatic carboxylic acids is 2. The van der Waals surface area contributed by atoms with Crippen LogP contribution in [0.3, 0.4) is 0 Å². The van der Waals surface area contributed by atoms with E-state index in [-0.39, 0.29) is 31.1 Å². The molecule has 0 aromatic carbocycles. The van der Waals surface area contributed by atoms with E-state index in [4.69, 9.17) is 10.8 Å². The number of rotatable bonds is 12. The van der Waals surface area contributed by atoms with Crippen LogP contribution in [0.15, 0.2) is 0 Å². The van der Waals surface area contributed by atoms with Gasteiger partial charge in [0.15, 0.2) is 0 Å². The van der Waals surface area contributed by atoms with E-state index in [1.807, 2.05) is 6.92 Å². The minimum Gasteiger partial charge on any atom is -0.481 e. The number of carbonyl (C=O) groups excluding carboxylic acids is 3. The molecule has 0 bridgehead atoms. The van der Waals surface area contributed by atoms with Gasteiger partial charge in [-0.15, -0.1) is 0 Å². The van der Waals surface area contributed by atoms with Crippen molar-refractivity contribution in [1.29, 1.82) is 0 Å². The van der Waals surface area contributed by atoms with Crippen LogP contribution in [0, 0.1) is 5.92 Å². The Balaban J connectivity index is 2.92. The van der Waals surface area contributed by atoms with Gasteiger partial charge in [-0.25, -0.2) is 4.79 Å². The van der Waals surface area contributed by atoms with Gasteiger partial charge in [-0.1, -0.05) is 20.3 Å². The van der Waals surface area contributed by atoms with Crippen LogP contribution in [0.2, 0.25) is 0 Å². The highest BCUT2D eigenvalue weighted by Gasteiger charge is 2.38. The van der Waals surface area contributed by atoms with Gasteiger partial charge in [0.2, 0.25) is 17.7 Å². The SMILES string of the molecule is CCC(C)C(N)C(=O)NC(CS)C(=O)NC(CCC(=O)O)C(=O)N1CCCC1C(=O)O. The average Bonchev–Trinajstić information content (AvgIpc) is 3.22. The first kappa shape index (κ1) is 26.7. The summed E-state index contributed by atoms with van der Waals surface area (Å²) >= 11 is 4.08. The lowest BCUT2D eigenvalue weighted by molar-refractivity contribution is -0.150. The Morgan fingerprint density at radius 1 is 1.13 bits per heavy atom. The standard InChI is InChI=1S/C19H32N4O7S/c1-3-10(2)15(20)17(27)22-12(9-31)16(26)21-11(6-7-14(24)25)18(28)23-8-4-5-13(23)19(29)30/h10-13,15,31H,3-9,20H2,1-2H3,(H,21,26)(H,22,27)(H,24,25)(H,29,30). The molecule has 0 spiro atoms. The quantitative estimate of drug-likeness (QED) is 0.205. The van der Waals surface area contributed by atoms with Gasteiger partial charge in [0.25, 0.3) is 0 Å². The number of nitrogens with one attached hydrogen (secondary N) is 2. The normalized spacial score (nSPS) is 19.7. The molecule has 1 heterocycles. The van der Waals surface area contributed by atoms with Gasteiger partial charge in [0, 0.05) is 18.7 Å². The Bertz CT molecular complexity index is 690. The van der Waals surface area contributed by atoms with E-state index < -0.39 is 60.2 Å². The second kappa shape index (κ2) is 12.5. The van der Waals surface area contributed by atoms with Crippen LogP contribution < -0.4 is 16.4 Å².